The Morgan fingerprint density at radius 2 is 2.28 bits per heavy atom. The summed E-state index contributed by atoms with van der Waals surface area (Å²) in [5, 5.41) is 9.36. The highest BCUT2D eigenvalue weighted by atomic mass is 35.5. The first-order chi connectivity index (χ1) is 8.70. The quantitative estimate of drug-likeness (QED) is 0.849. The van der Waals surface area contributed by atoms with Crippen LogP contribution in [0.15, 0.2) is 36.8 Å². The molecule has 0 amide bonds. The molecule has 0 saturated carbocycles. The minimum Gasteiger partial charge on any atom is -0.354 e. The van der Waals surface area contributed by atoms with Gasteiger partial charge in [-0.05, 0) is 17.7 Å². The fourth-order valence-electron chi connectivity index (χ4n) is 1.68. The zero-order valence-corrected chi connectivity index (χ0v) is 10.6. The molecule has 0 unspecified atom stereocenters. The number of nitriles is 1. The van der Waals surface area contributed by atoms with Gasteiger partial charge < -0.3 is 4.90 Å². The molecule has 5 heteroatoms. The van der Waals surface area contributed by atoms with Crippen molar-refractivity contribution in [2.75, 3.05) is 11.9 Å². The van der Waals surface area contributed by atoms with Crippen LogP contribution in [0, 0.1) is 11.3 Å². The second-order valence-corrected chi connectivity index (χ2v) is 4.27. The van der Waals surface area contributed by atoms with Gasteiger partial charge in [-0.3, -0.25) is 0 Å². The summed E-state index contributed by atoms with van der Waals surface area (Å²) in [6.07, 6.45) is 3.02. The summed E-state index contributed by atoms with van der Waals surface area (Å²) >= 11 is 6.02. The van der Waals surface area contributed by atoms with Gasteiger partial charge in [-0.25, -0.2) is 9.97 Å². The van der Waals surface area contributed by atoms with Gasteiger partial charge in [0.25, 0.3) is 0 Å². The number of hydrogen-bond acceptors (Lipinski definition) is 4. The topological polar surface area (TPSA) is 52.8 Å². The largest absolute Gasteiger partial charge is 0.354 e. The third kappa shape index (κ3) is 2.76. The van der Waals surface area contributed by atoms with E-state index in [0.29, 0.717) is 22.9 Å². The minimum atomic E-state index is 0.511. The van der Waals surface area contributed by atoms with E-state index in [4.69, 9.17) is 16.9 Å². The molecule has 0 radical (unpaired) electrons. The molecule has 0 bridgehead atoms. The molecule has 0 fully saturated rings. The Kier molecular flexibility index (Phi) is 3.75. The van der Waals surface area contributed by atoms with Gasteiger partial charge in [-0.2, -0.15) is 5.26 Å². The first kappa shape index (κ1) is 12.3. The van der Waals surface area contributed by atoms with E-state index < -0.39 is 0 Å². The maximum atomic E-state index is 8.85. The molecule has 18 heavy (non-hydrogen) atoms. The Morgan fingerprint density at radius 3 is 3.00 bits per heavy atom. The molecule has 2 aromatic rings. The van der Waals surface area contributed by atoms with Crippen LogP contribution in [-0.2, 0) is 6.54 Å². The second-order valence-electron chi connectivity index (χ2n) is 3.86. The lowest BCUT2D eigenvalue weighted by atomic mass is 10.1. The van der Waals surface area contributed by atoms with Crippen LogP contribution in [0.2, 0.25) is 5.02 Å². The maximum Gasteiger partial charge on any atom is 0.150 e. The number of anilines is 1. The number of hydrogen-bond donors (Lipinski definition) is 0. The highest BCUT2D eigenvalue weighted by Crippen LogP contribution is 2.21. The molecular formula is C13H11ClN4. The fraction of sp³-hybridized carbons (Fsp3) is 0.154. The lowest BCUT2D eigenvalue weighted by Gasteiger charge is -2.18. The molecule has 0 N–H and O–H groups in total. The van der Waals surface area contributed by atoms with Gasteiger partial charge >= 0.3 is 0 Å². The number of nitrogens with zero attached hydrogens (tertiary/aromatic N) is 4. The van der Waals surface area contributed by atoms with Crippen molar-refractivity contribution in [2.24, 2.45) is 0 Å². The average Bonchev–Trinajstić information content (AvgIpc) is 2.39. The van der Waals surface area contributed by atoms with Crippen LogP contribution in [0.5, 0.6) is 0 Å². The molecule has 1 aromatic heterocycles. The van der Waals surface area contributed by atoms with E-state index >= 15 is 0 Å². The van der Waals surface area contributed by atoms with Gasteiger partial charge in [0, 0.05) is 13.6 Å². The molecule has 1 aromatic carbocycles. The van der Waals surface area contributed by atoms with Gasteiger partial charge in [0.15, 0.2) is 5.82 Å². The fourth-order valence-corrected chi connectivity index (χ4v) is 1.92. The zero-order valence-electron chi connectivity index (χ0n) is 9.84. The third-order valence-corrected chi connectivity index (χ3v) is 2.75. The second kappa shape index (κ2) is 5.48. The first-order valence-corrected chi connectivity index (χ1v) is 5.74. The van der Waals surface area contributed by atoms with E-state index in [1.54, 1.807) is 12.3 Å². The van der Waals surface area contributed by atoms with Crippen molar-refractivity contribution >= 4 is 17.4 Å². The Hall–Kier alpha value is -2.12. The molecule has 2 rings (SSSR count). The van der Waals surface area contributed by atoms with Crippen LogP contribution in [0.3, 0.4) is 0 Å². The van der Waals surface area contributed by atoms with Crippen LogP contribution in [0.1, 0.15) is 11.1 Å². The van der Waals surface area contributed by atoms with Crippen LogP contribution in [0.25, 0.3) is 0 Å². The van der Waals surface area contributed by atoms with E-state index in [2.05, 4.69) is 16.0 Å². The van der Waals surface area contributed by atoms with Gasteiger partial charge in [0.2, 0.25) is 0 Å². The van der Waals surface area contributed by atoms with Crippen molar-refractivity contribution in [2.45, 2.75) is 6.54 Å². The molecule has 0 aliphatic heterocycles. The van der Waals surface area contributed by atoms with Gasteiger partial charge in [-0.1, -0.05) is 23.7 Å². The minimum absolute atomic E-state index is 0.511. The molecule has 90 valence electrons. The smallest absolute Gasteiger partial charge is 0.150 e. The summed E-state index contributed by atoms with van der Waals surface area (Å²) in [7, 11) is 1.90. The normalized spacial score (nSPS) is 9.83. The number of rotatable bonds is 3. The molecular weight excluding hydrogens is 248 g/mol. The van der Waals surface area contributed by atoms with Crippen molar-refractivity contribution in [3.05, 3.63) is 52.9 Å². The molecule has 4 nitrogen and oxygen atoms in total. The standard InChI is InChI=1S/C13H11ClN4/c1-18(13-12(14)7-16-9-17-13)8-11-4-2-3-10(5-11)6-15/h2-5,7,9H,8H2,1H3. The number of halogens is 1. The van der Waals surface area contributed by atoms with Crippen molar-refractivity contribution in [3.63, 3.8) is 0 Å². The summed E-state index contributed by atoms with van der Waals surface area (Å²) in [4.78, 5) is 9.90. The Morgan fingerprint density at radius 1 is 1.44 bits per heavy atom. The average molecular weight is 259 g/mol. The van der Waals surface area contributed by atoms with Crippen molar-refractivity contribution in [1.29, 1.82) is 5.26 Å². The molecule has 0 spiro atoms. The lowest BCUT2D eigenvalue weighted by molar-refractivity contribution is 0.890. The van der Waals surface area contributed by atoms with Crippen LogP contribution >= 0.6 is 11.6 Å². The molecule has 1 heterocycles. The van der Waals surface area contributed by atoms with Crippen LogP contribution in [-0.4, -0.2) is 17.0 Å². The van der Waals surface area contributed by atoms with E-state index in [1.165, 1.54) is 6.33 Å². The van der Waals surface area contributed by atoms with E-state index in [0.717, 1.165) is 5.56 Å². The predicted molar refractivity (Wildman–Crippen MR) is 70.3 cm³/mol. The Labute approximate surface area is 110 Å². The monoisotopic (exact) mass is 258 g/mol. The van der Waals surface area contributed by atoms with E-state index in [9.17, 15) is 0 Å². The maximum absolute atomic E-state index is 8.85. The van der Waals surface area contributed by atoms with Gasteiger partial charge in [0.05, 0.1) is 17.8 Å². The van der Waals surface area contributed by atoms with Crippen molar-refractivity contribution in [1.82, 2.24) is 9.97 Å². The summed E-state index contributed by atoms with van der Waals surface area (Å²) in [6, 6.07) is 9.58. The SMILES string of the molecule is CN(Cc1cccc(C#N)c1)c1ncncc1Cl. The summed E-state index contributed by atoms with van der Waals surface area (Å²) in [6.45, 7) is 0.631. The molecule has 0 aliphatic carbocycles. The number of aromatic nitrogens is 2. The highest BCUT2D eigenvalue weighted by Gasteiger charge is 2.08. The van der Waals surface area contributed by atoms with Crippen molar-refractivity contribution in [3.8, 4) is 6.07 Å². The third-order valence-electron chi connectivity index (χ3n) is 2.49. The summed E-state index contributed by atoms with van der Waals surface area (Å²) in [5.41, 5.74) is 1.68. The van der Waals surface area contributed by atoms with Crippen LogP contribution < -0.4 is 4.90 Å². The number of benzene rings is 1. The van der Waals surface area contributed by atoms with Crippen molar-refractivity contribution < 1.29 is 0 Å². The molecule has 0 aliphatic rings. The summed E-state index contributed by atoms with van der Waals surface area (Å²) in [5.74, 6) is 0.675. The van der Waals surface area contributed by atoms with E-state index in [1.807, 2.05) is 30.1 Å². The van der Waals surface area contributed by atoms with Crippen LogP contribution in [0.4, 0.5) is 5.82 Å². The zero-order chi connectivity index (χ0) is 13.0. The predicted octanol–water partition coefficient (Wildman–Crippen LogP) is 2.64. The first-order valence-electron chi connectivity index (χ1n) is 5.36. The Balaban J connectivity index is 2.19. The lowest BCUT2D eigenvalue weighted by Crippen LogP contribution is -2.18. The summed E-state index contributed by atoms with van der Waals surface area (Å²) < 4.78 is 0. The Bertz CT molecular complexity index is 592. The highest BCUT2D eigenvalue weighted by molar-refractivity contribution is 6.32. The molecule has 0 atom stereocenters. The molecule has 0 saturated heterocycles. The van der Waals surface area contributed by atoms with Gasteiger partial charge in [-0.15, -0.1) is 0 Å². The van der Waals surface area contributed by atoms with Gasteiger partial charge in [0.1, 0.15) is 11.3 Å². The van der Waals surface area contributed by atoms with E-state index in [-0.39, 0.29) is 0 Å².